The fourth-order valence-corrected chi connectivity index (χ4v) is 4.18. The van der Waals surface area contributed by atoms with Crippen LogP contribution in [0.2, 0.25) is 0 Å². The third-order valence-corrected chi connectivity index (χ3v) is 6.07. The molecule has 0 unspecified atom stereocenters. The second kappa shape index (κ2) is 9.98. The van der Waals surface area contributed by atoms with E-state index in [1.165, 1.54) is 0 Å². The maximum Gasteiger partial charge on any atom is 0.136 e. The van der Waals surface area contributed by atoms with Crippen molar-refractivity contribution >= 4 is 45.1 Å². The quantitative estimate of drug-likeness (QED) is 0.213. The molecule has 0 aliphatic carbocycles. The summed E-state index contributed by atoms with van der Waals surface area (Å²) in [5.74, 6) is 5.52. The maximum atomic E-state index is 6.23. The highest BCUT2D eigenvalue weighted by molar-refractivity contribution is 7.99. The van der Waals surface area contributed by atoms with Gasteiger partial charge in [0.25, 0.3) is 0 Å². The van der Waals surface area contributed by atoms with E-state index >= 15 is 0 Å². The van der Waals surface area contributed by atoms with Crippen molar-refractivity contribution in [3.05, 3.63) is 48.5 Å². The third kappa shape index (κ3) is 4.41. The highest BCUT2D eigenvalue weighted by Gasteiger charge is 2.15. The van der Waals surface area contributed by atoms with Gasteiger partial charge < -0.3 is 9.47 Å². The van der Waals surface area contributed by atoms with Gasteiger partial charge in [-0.3, -0.25) is 0 Å². The van der Waals surface area contributed by atoms with Crippen molar-refractivity contribution in [2.45, 2.75) is 26.7 Å². The topological polar surface area (TPSA) is 18.5 Å². The number of fused-ring (bicyclic) bond motifs is 2. The lowest BCUT2D eigenvalue weighted by molar-refractivity contribution is 0.395. The lowest BCUT2D eigenvalue weighted by Crippen LogP contribution is -2.00. The largest absolute Gasteiger partial charge is 0.482 e. The van der Waals surface area contributed by atoms with Gasteiger partial charge in [0, 0.05) is 21.5 Å². The van der Waals surface area contributed by atoms with Crippen LogP contribution in [0.25, 0.3) is 21.5 Å². The minimum absolute atomic E-state index is 0.675. The van der Waals surface area contributed by atoms with Gasteiger partial charge in [0.1, 0.15) is 23.4 Å². The van der Waals surface area contributed by atoms with Crippen molar-refractivity contribution in [3.8, 4) is 11.5 Å². The first-order valence-electron chi connectivity index (χ1n) is 9.21. The molecular weight excluding hydrogens is 360 g/mol. The molecule has 138 valence electrons. The summed E-state index contributed by atoms with van der Waals surface area (Å²) in [4.78, 5) is 0. The fourth-order valence-electron chi connectivity index (χ4n) is 2.97. The number of benzene rings is 3. The van der Waals surface area contributed by atoms with Crippen LogP contribution >= 0.6 is 23.5 Å². The zero-order valence-electron chi connectivity index (χ0n) is 15.5. The molecule has 0 amide bonds. The first-order chi connectivity index (χ1) is 12.9. The van der Waals surface area contributed by atoms with E-state index in [1.807, 2.05) is 23.5 Å². The summed E-state index contributed by atoms with van der Waals surface area (Å²) in [6.07, 6.45) is 2.33. The molecule has 26 heavy (non-hydrogen) atoms. The number of thioether (sulfide) groups is 2. The van der Waals surface area contributed by atoms with Crippen LogP contribution in [0.5, 0.6) is 11.5 Å². The molecule has 0 aliphatic rings. The molecule has 0 saturated carbocycles. The van der Waals surface area contributed by atoms with Crippen molar-refractivity contribution in [1.29, 1.82) is 0 Å². The van der Waals surface area contributed by atoms with Gasteiger partial charge in [-0.2, -0.15) is 0 Å². The van der Waals surface area contributed by atoms with Crippen LogP contribution < -0.4 is 9.47 Å². The molecule has 0 radical (unpaired) electrons. The van der Waals surface area contributed by atoms with E-state index in [-0.39, 0.29) is 0 Å². The predicted octanol–water partition coefficient (Wildman–Crippen LogP) is 6.95. The van der Waals surface area contributed by atoms with Gasteiger partial charge in [0.05, 0.1) is 0 Å². The van der Waals surface area contributed by atoms with Gasteiger partial charge in [-0.05, 0) is 24.3 Å². The molecule has 0 atom stereocenters. The molecule has 3 aromatic rings. The molecule has 0 aliphatic heterocycles. The van der Waals surface area contributed by atoms with Crippen molar-refractivity contribution in [1.82, 2.24) is 0 Å². The Labute approximate surface area is 164 Å². The van der Waals surface area contributed by atoms with Crippen LogP contribution in [0.15, 0.2) is 48.5 Å². The highest BCUT2D eigenvalue weighted by atomic mass is 32.2. The van der Waals surface area contributed by atoms with Gasteiger partial charge in [-0.15, -0.1) is 23.5 Å². The van der Waals surface area contributed by atoms with Crippen LogP contribution in [-0.4, -0.2) is 23.4 Å². The maximum absolute atomic E-state index is 6.23. The second-order valence-corrected chi connectivity index (χ2v) is 8.19. The van der Waals surface area contributed by atoms with Gasteiger partial charge in [0.15, 0.2) is 0 Å². The Balaban J connectivity index is 2.03. The normalized spacial score (nSPS) is 11.2. The fraction of sp³-hybridized carbons (Fsp3) is 0.364. The Morgan fingerprint density at radius 3 is 1.27 bits per heavy atom. The van der Waals surface area contributed by atoms with Gasteiger partial charge in [-0.1, -0.05) is 62.4 Å². The summed E-state index contributed by atoms with van der Waals surface area (Å²) in [6, 6.07) is 16.8. The van der Waals surface area contributed by atoms with Crippen LogP contribution in [0.1, 0.15) is 26.7 Å². The summed E-state index contributed by atoms with van der Waals surface area (Å²) < 4.78 is 12.5. The van der Waals surface area contributed by atoms with E-state index < -0.39 is 0 Å². The van der Waals surface area contributed by atoms with E-state index in [1.54, 1.807) is 0 Å². The molecule has 4 heteroatoms. The Morgan fingerprint density at radius 1 is 0.615 bits per heavy atom. The van der Waals surface area contributed by atoms with Crippen molar-refractivity contribution < 1.29 is 9.47 Å². The molecule has 3 rings (SSSR count). The molecule has 2 nitrogen and oxygen atoms in total. The Kier molecular flexibility index (Phi) is 7.39. The molecule has 0 bridgehead atoms. The lowest BCUT2D eigenvalue weighted by atomic mass is 10.0. The first-order valence-corrected chi connectivity index (χ1v) is 11.5. The average Bonchev–Trinajstić information content (AvgIpc) is 2.69. The van der Waals surface area contributed by atoms with E-state index in [0.29, 0.717) is 11.9 Å². The molecule has 0 N–H and O–H groups in total. The van der Waals surface area contributed by atoms with Crippen molar-refractivity contribution in [3.63, 3.8) is 0 Å². The first kappa shape index (κ1) is 19.2. The van der Waals surface area contributed by atoms with Crippen LogP contribution in [0.4, 0.5) is 0 Å². The summed E-state index contributed by atoms with van der Waals surface area (Å²) in [5, 5.41) is 4.50. The van der Waals surface area contributed by atoms with Gasteiger partial charge >= 0.3 is 0 Å². The number of hydrogen-bond donors (Lipinski definition) is 0. The molecule has 0 fully saturated rings. The van der Waals surface area contributed by atoms with E-state index in [4.69, 9.17) is 9.47 Å². The van der Waals surface area contributed by atoms with Crippen molar-refractivity contribution in [2.24, 2.45) is 0 Å². The number of ether oxygens (including phenoxy) is 2. The summed E-state index contributed by atoms with van der Waals surface area (Å²) in [6.45, 7) is 4.39. The Morgan fingerprint density at radius 2 is 0.962 bits per heavy atom. The Bertz CT molecular complexity index is 721. The SMILES string of the molecule is CCCSCOc1c2ccccc2c(OCSCCC)c2ccccc12. The van der Waals surface area contributed by atoms with E-state index in [9.17, 15) is 0 Å². The molecule has 0 aromatic heterocycles. The molecule has 3 aromatic carbocycles. The lowest BCUT2D eigenvalue weighted by Gasteiger charge is -2.17. The summed E-state index contributed by atoms with van der Waals surface area (Å²) >= 11 is 3.66. The van der Waals surface area contributed by atoms with Crippen molar-refractivity contribution in [2.75, 3.05) is 23.4 Å². The zero-order chi connectivity index (χ0) is 18.2. The minimum atomic E-state index is 0.675. The zero-order valence-corrected chi connectivity index (χ0v) is 17.1. The molecule has 0 saturated heterocycles. The van der Waals surface area contributed by atoms with Gasteiger partial charge in [0.2, 0.25) is 0 Å². The highest BCUT2D eigenvalue weighted by Crippen LogP contribution is 2.43. The standard InChI is InChI=1S/C22H26O2S2/c1-3-13-25-15-23-21-17-9-5-7-11-19(17)22(24-16-26-14-4-2)20-12-8-6-10-18(20)21/h5-12H,3-4,13-16H2,1-2H3. The summed E-state index contributed by atoms with van der Waals surface area (Å²) in [7, 11) is 0. The van der Waals surface area contributed by atoms with Crippen LogP contribution in [-0.2, 0) is 0 Å². The minimum Gasteiger partial charge on any atom is -0.482 e. The number of rotatable bonds is 10. The summed E-state index contributed by atoms with van der Waals surface area (Å²) in [5.41, 5.74) is 0. The Hall–Kier alpha value is -1.52. The number of hydrogen-bond acceptors (Lipinski definition) is 4. The molecule has 0 heterocycles. The second-order valence-electron chi connectivity index (χ2n) is 6.09. The van der Waals surface area contributed by atoms with E-state index in [2.05, 4.69) is 62.4 Å². The van der Waals surface area contributed by atoms with Crippen LogP contribution in [0, 0.1) is 0 Å². The van der Waals surface area contributed by atoms with Gasteiger partial charge in [-0.25, -0.2) is 0 Å². The third-order valence-electron chi connectivity index (χ3n) is 4.10. The average molecular weight is 387 g/mol. The monoisotopic (exact) mass is 386 g/mol. The van der Waals surface area contributed by atoms with Crippen LogP contribution in [0.3, 0.4) is 0 Å². The molecular formula is C22H26O2S2. The smallest absolute Gasteiger partial charge is 0.136 e. The molecule has 0 spiro atoms. The predicted molar refractivity (Wildman–Crippen MR) is 118 cm³/mol. The van der Waals surface area contributed by atoms with E-state index in [0.717, 1.165) is 57.4 Å².